The number of nitrogens with one attached hydrogen (secondary N) is 1. The van der Waals surface area contributed by atoms with Crippen molar-refractivity contribution < 1.29 is 14.2 Å². The molecule has 12 nitrogen and oxygen atoms in total. The van der Waals surface area contributed by atoms with Crippen LogP contribution in [0.3, 0.4) is 0 Å². The molecule has 0 unspecified atom stereocenters. The van der Waals surface area contributed by atoms with Crippen LogP contribution in [0.4, 0.5) is 5.82 Å². The second kappa shape index (κ2) is 12.2. The Bertz CT molecular complexity index is 1460. The third-order valence-corrected chi connectivity index (χ3v) is 6.75. The number of likely N-dealkylation sites (tertiary alicyclic amines) is 1. The lowest BCUT2D eigenvalue weighted by Gasteiger charge is -2.26. The van der Waals surface area contributed by atoms with Crippen molar-refractivity contribution in [3.63, 3.8) is 0 Å². The topological polar surface area (TPSA) is 150 Å². The molecule has 14 heteroatoms. The Labute approximate surface area is 233 Å². The first-order valence-corrected chi connectivity index (χ1v) is 13.0. The molecule has 0 spiro atoms. The summed E-state index contributed by atoms with van der Waals surface area (Å²) in [4.78, 5) is 15.2. The monoisotopic (exact) mass is 569 g/mol. The average molecular weight is 570 g/mol. The largest absolute Gasteiger partial charge is 0.489 e. The number of halogens is 2. The summed E-state index contributed by atoms with van der Waals surface area (Å²) in [6.45, 7) is 2.55. The first kappa shape index (κ1) is 26.6. The van der Waals surface area contributed by atoms with Gasteiger partial charge in [0.2, 0.25) is 11.6 Å². The Balaban J connectivity index is 1.23. The number of carbonyl (C=O) groups is 1. The van der Waals surface area contributed by atoms with Crippen LogP contribution in [0.25, 0.3) is 5.82 Å². The number of hydrogen-bond donors (Lipinski definition) is 2. The van der Waals surface area contributed by atoms with Crippen molar-refractivity contribution in [1.82, 2.24) is 35.6 Å². The van der Waals surface area contributed by atoms with Crippen LogP contribution in [0, 0.1) is 0 Å². The van der Waals surface area contributed by atoms with Gasteiger partial charge in [-0.05, 0) is 78.2 Å². The number of benzene rings is 2. The van der Waals surface area contributed by atoms with Crippen LogP contribution in [0.2, 0.25) is 10.0 Å². The molecule has 1 fully saturated rings. The van der Waals surface area contributed by atoms with Gasteiger partial charge in [0.15, 0.2) is 5.69 Å². The van der Waals surface area contributed by atoms with E-state index in [-0.39, 0.29) is 17.3 Å². The van der Waals surface area contributed by atoms with Crippen molar-refractivity contribution in [3.8, 4) is 11.6 Å². The van der Waals surface area contributed by atoms with Crippen molar-refractivity contribution in [3.05, 3.63) is 75.0 Å². The number of nitrogens with two attached hydrogens (primary N) is 1. The van der Waals surface area contributed by atoms with E-state index >= 15 is 0 Å². The zero-order valence-corrected chi connectivity index (χ0v) is 22.3. The van der Waals surface area contributed by atoms with Crippen LogP contribution in [-0.4, -0.2) is 55.4 Å². The predicted molar refractivity (Wildman–Crippen MR) is 145 cm³/mol. The minimum atomic E-state index is -0.515. The number of nitrogens with zero attached hydrogens (tertiary/aromatic N) is 7. The average Bonchev–Trinajstić information content (AvgIpc) is 3.55. The summed E-state index contributed by atoms with van der Waals surface area (Å²) in [6.07, 6.45) is 4.87. The summed E-state index contributed by atoms with van der Waals surface area (Å²) in [5.74, 6) is 0.369. The maximum Gasteiger partial charge on any atom is 0.293 e. The first-order chi connectivity index (χ1) is 19.0. The van der Waals surface area contributed by atoms with E-state index < -0.39 is 5.91 Å². The number of carbonyl (C=O) groups excluding carboxylic acids is 1. The number of aromatic nitrogens is 5. The highest BCUT2D eigenvalue weighted by Gasteiger charge is 2.26. The molecule has 0 saturated carbocycles. The quantitative estimate of drug-likeness (QED) is 0.226. The fourth-order valence-corrected chi connectivity index (χ4v) is 4.59. The second-order valence-electron chi connectivity index (χ2n) is 8.90. The third kappa shape index (κ3) is 6.53. The molecule has 202 valence electrons. The second-order valence-corrected chi connectivity index (χ2v) is 9.74. The zero-order valence-electron chi connectivity index (χ0n) is 20.8. The molecular weight excluding hydrogens is 545 g/mol. The van der Waals surface area contributed by atoms with E-state index in [0.29, 0.717) is 34.6 Å². The van der Waals surface area contributed by atoms with Crippen molar-refractivity contribution in [2.45, 2.75) is 32.4 Å². The number of ether oxygens (including phenoxy) is 1. The van der Waals surface area contributed by atoms with Crippen LogP contribution in [-0.2, 0) is 13.2 Å². The number of amides is 1. The van der Waals surface area contributed by atoms with Gasteiger partial charge in [0.1, 0.15) is 12.4 Å². The van der Waals surface area contributed by atoms with E-state index in [4.69, 9.17) is 38.3 Å². The summed E-state index contributed by atoms with van der Waals surface area (Å²) in [5, 5.41) is 20.8. The molecule has 0 radical (unpaired) electrons. The molecular formula is C25H25Cl2N9O3. The van der Waals surface area contributed by atoms with Crippen LogP contribution >= 0.6 is 23.2 Å². The number of anilines is 1. The van der Waals surface area contributed by atoms with E-state index in [0.717, 1.165) is 37.1 Å². The molecule has 1 aliphatic heterocycles. The molecule has 0 atom stereocenters. The normalized spacial score (nSPS) is 14.1. The standard InChI is InChI=1S/C25H25Cl2N9O3/c26-18-7-6-17(20(27)12-18)15-38-19-8-4-16(5-9-19)13-29-31-25(37)22-21(14-35-10-2-1-3-11-35)36(34-30-22)24-23(28)32-39-33-24/h4-9,12-13H,1-3,10-11,14-15H2,(H2,28,32)(H,31,37)/b29-13+. The smallest absolute Gasteiger partial charge is 0.293 e. The summed E-state index contributed by atoms with van der Waals surface area (Å²) in [5.41, 5.74) is 10.6. The Morgan fingerprint density at radius 1 is 1.13 bits per heavy atom. The predicted octanol–water partition coefficient (Wildman–Crippen LogP) is 3.87. The van der Waals surface area contributed by atoms with Gasteiger partial charge in [-0.2, -0.15) is 9.78 Å². The van der Waals surface area contributed by atoms with Crippen LogP contribution < -0.4 is 15.9 Å². The minimum Gasteiger partial charge on any atom is -0.489 e. The maximum absolute atomic E-state index is 13.0. The fraction of sp³-hybridized carbons (Fsp3) is 0.280. The molecule has 39 heavy (non-hydrogen) atoms. The number of hydrogen-bond acceptors (Lipinski definition) is 10. The number of piperidine rings is 1. The van der Waals surface area contributed by atoms with E-state index in [9.17, 15) is 4.79 Å². The van der Waals surface area contributed by atoms with Crippen molar-refractivity contribution in [2.75, 3.05) is 18.8 Å². The Hall–Kier alpha value is -4.00. The summed E-state index contributed by atoms with van der Waals surface area (Å²) in [6, 6.07) is 12.5. The van der Waals surface area contributed by atoms with Gasteiger partial charge in [0.25, 0.3) is 5.91 Å². The van der Waals surface area contributed by atoms with Crippen LogP contribution in [0.5, 0.6) is 5.75 Å². The van der Waals surface area contributed by atoms with E-state index in [2.05, 4.69) is 36.1 Å². The SMILES string of the molecule is Nc1nonc1-n1nnc(C(=O)N/N=C/c2ccc(OCc3ccc(Cl)cc3Cl)cc2)c1CN1CCCCC1. The van der Waals surface area contributed by atoms with E-state index in [1.54, 1.807) is 24.3 Å². The van der Waals surface area contributed by atoms with Crippen molar-refractivity contribution in [2.24, 2.45) is 5.10 Å². The number of hydrazone groups is 1. The molecule has 4 aromatic rings. The molecule has 3 N–H and O–H groups in total. The van der Waals surface area contributed by atoms with Gasteiger partial charge in [-0.15, -0.1) is 5.10 Å². The minimum absolute atomic E-state index is 0.0495. The highest BCUT2D eigenvalue weighted by Crippen LogP contribution is 2.23. The lowest BCUT2D eigenvalue weighted by atomic mass is 10.1. The van der Waals surface area contributed by atoms with Gasteiger partial charge in [0.05, 0.1) is 11.9 Å². The highest BCUT2D eigenvalue weighted by molar-refractivity contribution is 6.35. The molecule has 1 amide bonds. The van der Waals surface area contributed by atoms with E-state index in [1.807, 2.05) is 18.2 Å². The lowest BCUT2D eigenvalue weighted by molar-refractivity contribution is 0.0947. The summed E-state index contributed by atoms with van der Waals surface area (Å²) < 4.78 is 11.9. The summed E-state index contributed by atoms with van der Waals surface area (Å²) in [7, 11) is 0. The van der Waals surface area contributed by atoms with Crippen molar-refractivity contribution in [1.29, 1.82) is 0 Å². The van der Waals surface area contributed by atoms with Crippen LogP contribution in [0.1, 0.15) is 46.6 Å². The Morgan fingerprint density at radius 3 is 2.64 bits per heavy atom. The first-order valence-electron chi connectivity index (χ1n) is 12.2. The summed E-state index contributed by atoms with van der Waals surface area (Å²) >= 11 is 12.1. The molecule has 2 aromatic heterocycles. The highest BCUT2D eigenvalue weighted by atomic mass is 35.5. The maximum atomic E-state index is 13.0. The molecule has 0 bridgehead atoms. The molecule has 2 aromatic carbocycles. The molecule has 5 rings (SSSR count). The van der Waals surface area contributed by atoms with E-state index in [1.165, 1.54) is 17.3 Å². The lowest BCUT2D eigenvalue weighted by Crippen LogP contribution is -2.31. The molecule has 1 aliphatic rings. The molecule has 3 heterocycles. The van der Waals surface area contributed by atoms with Gasteiger partial charge in [-0.25, -0.2) is 10.1 Å². The number of nitrogen functional groups attached to an aromatic ring is 1. The van der Waals surface area contributed by atoms with Gasteiger partial charge >= 0.3 is 0 Å². The van der Waals surface area contributed by atoms with Gasteiger partial charge in [-0.3, -0.25) is 9.69 Å². The third-order valence-electron chi connectivity index (χ3n) is 6.17. The van der Waals surface area contributed by atoms with Crippen LogP contribution in [0.15, 0.2) is 52.2 Å². The zero-order chi connectivity index (χ0) is 27.2. The van der Waals surface area contributed by atoms with Crippen molar-refractivity contribution >= 4 is 41.1 Å². The van der Waals surface area contributed by atoms with Gasteiger partial charge in [-0.1, -0.05) is 40.9 Å². The Morgan fingerprint density at radius 2 is 1.92 bits per heavy atom. The Kier molecular flexibility index (Phi) is 8.35. The fourth-order valence-electron chi connectivity index (χ4n) is 4.13. The molecule has 1 saturated heterocycles. The van der Waals surface area contributed by atoms with Gasteiger partial charge < -0.3 is 10.5 Å². The number of rotatable bonds is 9. The van der Waals surface area contributed by atoms with Gasteiger partial charge in [0, 0.05) is 22.2 Å². The molecule has 0 aliphatic carbocycles.